The van der Waals surface area contributed by atoms with Crippen molar-refractivity contribution in [3.8, 4) is 11.5 Å². The molecule has 1 atom stereocenters. The van der Waals surface area contributed by atoms with E-state index in [1.165, 1.54) is 5.52 Å². The number of aromatic nitrogens is 2. The lowest BCUT2D eigenvalue weighted by atomic mass is 10.1. The van der Waals surface area contributed by atoms with Gasteiger partial charge in [-0.3, -0.25) is 0 Å². The molecular formula is C20H25N3O2. The number of benzene rings is 2. The lowest BCUT2D eigenvalue weighted by Crippen LogP contribution is -2.21. The number of fused-ring (bicyclic) bond motifs is 1. The Bertz CT molecular complexity index is 857. The number of imidazole rings is 1. The lowest BCUT2D eigenvalue weighted by Gasteiger charge is -2.18. The van der Waals surface area contributed by atoms with E-state index in [-0.39, 0.29) is 6.04 Å². The first-order chi connectivity index (χ1) is 12.2. The number of methoxy groups -OCH3 is 2. The molecule has 0 radical (unpaired) electrons. The van der Waals surface area contributed by atoms with Gasteiger partial charge in [0.15, 0.2) is 0 Å². The largest absolute Gasteiger partial charge is 0.497 e. The predicted octanol–water partition coefficient (Wildman–Crippen LogP) is 3.92. The van der Waals surface area contributed by atoms with Crippen molar-refractivity contribution in [3.63, 3.8) is 0 Å². The zero-order chi connectivity index (χ0) is 17.8. The van der Waals surface area contributed by atoms with Gasteiger partial charge in [0.1, 0.15) is 17.3 Å². The Morgan fingerprint density at radius 2 is 1.92 bits per heavy atom. The molecule has 2 aromatic carbocycles. The van der Waals surface area contributed by atoms with Gasteiger partial charge in [-0.25, -0.2) is 4.98 Å². The highest BCUT2D eigenvalue weighted by Crippen LogP contribution is 2.29. The van der Waals surface area contributed by atoms with Crippen LogP contribution in [0.5, 0.6) is 11.5 Å². The van der Waals surface area contributed by atoms with Gasteiger partial charge >= 0.3 is 0 Å². The van der Waals surface area contributed by atoms with Crippen molar-refractivity contribution >= 4 is 11.0 Å². The predicted molar refractivity (Wildman–Crippen MR) is 100 cm³/mol. The molecule has 5 nitrogen and oxygen atoms in total. The van der Waals surface area contributed by atoms with Gasteiger partial charge in [0.05, 0.1) is 31.8 Å². The van der Waals surface area contributed by atoms with E-state index >= 15 is 0 Å². The standard InChI is InChI=1S/C20H25N3O2/c1-5-23-18-9-7-6-8-17(18)22-20(23)13-21-14(2)16-11-10-15(24-3)12-19(16)25-4/h6-12,14,21H,5,13H2,1-4H3/t14-/m0/s1. The van der Waals surface area contributed by atoms with Gasteiger partial charge < -0.3 is 19.4 Å². The van der Waals surface area contributed by atoms with E-state index in [1.54, 1.807) is 14.2 Å². The molecule has 25 heavy (non-hydrogen) atoms. The van der Waals surface area contributed by atoms with E-state index in [1.807, 2.05) is 24.3 Å². The summed E-state index contributed by atoms with van der Waals surface area (Å²) in [5.74, 6) is 2.66. The minimum atomic E-state index is 0.131. The quantitative estimate of drug-likeness (QED) is 0.709. The number of hydrogen-bond acceptors (Lipinski definition) is 4. The lowest BCUT2D eigenvalue weighted by molar-refractivity contribution is 0.385. The van der Waals surface area contributed by atoms with Crippen LogP contribution in [0, 0.1) is 0 Å². The van der Waals surface area contributed by atoms with Crippen molar-refractivity contribution < 1.29 is 9.47 Å². The first-order valence-corrected chi connectivity index (χ1v) is 8.57. The molecule has 1 heterocycles. The van der Waals surface area contributed by atoms with Crippen LogP contribution >= 0.6 is 0 Å². The number of aryl methyl sites for hydroxylation is 1. The molecule has 0 unspecified atom stereocenters. The molecular weight excluding hydrogens is 314 g/mol. The van der Waals surface area contributed by atoms with Gasteiger partial charge in [-0.2, -0.15) is 0 Å². The van der Waals surface area contributed by atoms with Crippen LogP contribution < -0.4 is 14.8 Å². The van der Waals surface area contributed by atoms with Crippen LogP contribution in [0.15, 0.2) is 42.5 Å². The number of nitrogens with one attached hydrogen (secondary N) is 1. The molecule has 0 saturated heterocycles. The van der Waals surface area contributed by atoms with E-state index in [4.69, 9.17) is 14.5 Å². The van der Waals surface area contributed by atoms with Crippen molar-refractivity contribution in [2.45, 2.75) is 33.0 Å². The third-order valence-corrected chi connectivity index (χ3v) is 4.52. The highest BCUT2D eigenvalue weighted by Gasteiger charge is 2.14. The summed E-state index contributed by atoms with van der Waals surface area (Å²) >= 11 is 0. The normalized spacial score (nSPS) is 12.3. The number of nitrogens with zero attached hydrogens (tertiary/aromatic N) is 2. The SMILES string of the molecule is CCn1c(CN[C@@H](C)c2ccc(OC)cc2OC)nc2ccccc21. The van der Waals surface area contributed by atoms with Crippen molar-refractivity contribution in [1.82, 2.24) is 14.9 Å². The van der Waals surface area contributed by atoms with Gasteiger partial charge in [0.2, 0.25) is 0 Å². The van der Waals surface area contributed by atoms with Gasteiger partial charge in [-0.15, -0.1) is 0 Å². The van der Waals surface area contributed by atoms with Crippen LogP contribution in [-0.2, 0) is 13.1 Å². The maximum atomic E-state index is 5.51. The van der Waals surface area contributed by atoms with E-state index < -0.39 is 0 Å². The summed E-state index contributed by atoms with van der Waals surface area (Å²) in [6.07, 6.45) is 0. The Labute approximate surface area is 148 Å². The summed E-state index contributed by atoms with van der Waals surface area (Å²) in [6, 6.07) is 14.3. The van der Waals surface area contributed by atoms with E-state index in [0.717, 1.165) is 34.9 Å². The first-order valence-electron chi connectivity index (χ1n) is 8.57. The second-order valence-corrected chi connectivity index (χ2v) is 5.97. The summed E-state index contributed by atoms with van der Waals surface area (Å²) in [7, 11) is 3.34. The third kappa shape index (κ3) is 3.46. The fourth-order valence-corrected chi connectivity index (χ4v) is 3.14. The molecule has 3 aromatic rings. The minimum absolute atomic E-state index is 0.131. The number of ether oxygens (including phenoxy) is 2. The summed E-state index contributed by atoms with van der Waals surface area (Å²) in [4.78, 5) is 4.77. The molecule has 3 rings (SSSR count). The Hall–Kier alpha value is -2.53. The second-order valence-electron chi connectivity index (χ2n) is 5.97. The molecule has 1 aromatic heterocycles. The van der Waals surface area contributed by atoms with E-state index in [9.17, 15) is 0 Å². The Balaban J connectivity index is 1.80. The summed E-state index contributed by atoms with van der Waals surface area (Å²) in [5.41, 5.74) is 3.31. The number of rotatable bonds is 7. The molecule has 0 fully saturated rings. The Kier molecular flexibility index (Phi) is 5.24. The van der Waals surface area contributed by atoms with E-state index in [0.29, 0.717) is 6.54 Å². The molecule has 0 spiro atoms. The average molecular weight is 339 g/mol. The van der Waals surface area contributed by atoms with E-state index in [2.05, 4.69) is 41.9 Å². The van der Waals surface area contributed by atoms with Crippen LogP contribution in [-0.4, -0.2) is 23.8 Å². The molecule has 0 amide bonds. The molecule has 0 aliphatic heterocycles. The molecule has 1 N–H and O–H groups in total. The highest BCUT2D eigenvalue weighted by atomic mass is 16.5. The molecule has 0 saturated carbocycles. The first kappa shape index (κ1) is 17.3. The van der Waals surface area contributed by atoms with Crippen LogP contribution in [0.3, 0.4) is 0 Å². The zero-order valence-corrected chi connectivity index (χ0v) is 15.2. The van der Waals surface area contributed by atoms with Gasteiger partial charge in [0, 0.05) is 24.2 Å². The number of para-hydroxylation sites is 2. The molecule has 5 heteroatoms. The summed E-state index contributed by atoms with van der Waals surface area (Å²) in [5, 5.41) is 3.56. The smallest absolute Gasteiger partial charge is 0.127 e. The molecule has 0 aliphatic carbocycles. The van der Waals surface area contributed by atoms with Gasteiger partial charge in [-0.1, -0.05) is 18.2 Å². The summed E-state index contributed by atoms with van der Waals surface area (Å²) in [6.45, 7) is 5.87. The fourth-order valence-electron chi connectivity index (χ4n) is 3.14. The summed E-state index contributed by atoms with van der Waals surface area (Å²) < 4.78 is 13.0. The maximum absolute atomic E-state index is 5.51. The van der Waals surface area contributed by atoms with Crippen molar-refractivity contribution in [1.29, 1.82) is 0 Å². The van der Waals surface area contributed by atoms with Crippen molar-refractivity contribution in [3.05, 3.63) is 53.9 Å². The molecule has 0 bridgehead atoms. The fraction of sp³-hybridized carbons (Fsp3) is 0.350. The van der Waals surface area contributed by atoms with Crippen LogP contribution in [0.25, 0.3) is 11.0 Å². The van der Waals surface area contributed by atoms with Gasteiger partial charge in [0.25, 0.3) is 0 Å². The number of hydrogen-bond donors (Lipinski definition) is 1. The Morgan fingerprint density at radius 3 is 2.64 bits per heavy atom. The third-order valence-electron chi connectivity index (χ3n) is 4.52. The van der Waals surface area contributed by atoms with Crippen molar-refractivity contribution in [2.24, 2.45) is 0 Å². The average Bonchev–Trinajstić information content (AvgIpc) is 3.02. The zero-order valence-electron chi connectivity index (χ0n) is 15.2. The second kappa shape index (κ2) is 7.57. The van der Waals surface area contributed by atoms with Crippen LogP contribution in [0.1, 0.15) is 31.3 Å². The van der Waals surface area contributed by atoms with Crippen LogP contribution in [0.4, 0.5) is 0 Å². The molecule has 132 valence electrons. The minimum Gasteiger partial charge on any atom is -0.497 e. The van der Waals surface area contributed by atoms with Gasteiger partial charge in [-0.05, 0) is 32.0 Å². The van der Waals surface area contributed by atoms with Crippen molar-refractivity contribution in [2.75, 3.05) is 14.2 Å². The Morgan fingerprint density at radius 1 is 1.12 bits per heavy atom. The maximum Gasteiger partial charge on any atom is 0.127 e. The highest BCUT2D eigenvalue weighted by molar-refractivity contribution is 5.75. The van der Waals surface area contributed by atoms with Crippen LogP contribution in [0.2, 0.25) is 0 Å². The monoisotopic (exact) mass is 339 g/mol. The topological polar surface area (TPSA) is 48.3 Å². The molecule has 0 aliphatic rings.